The molecule has 0 aromatic heterocycles. The van der Waals surface area contributed by atoms with Gasteiger partial charge in [-0.05, 0) is 31.0 Å². The zero-order valence-electron chi connectivity index (χ0n) is 11.7. The fourth-order valence-corrected chi connectivity index (χ4v) is 2.01. The van der Waals surface area contributed by atoms with Gasteiger partial charge in [0.05, 0.1) is 4.92 Å². The third-order valence-electron chi connectivity index (χ3n) is 3.36. The Morgan fingerprint density at radius 2 is 1.65 bits per heavy atom. The number of non-ortho nitro benzene ring substituents is 1. The largest absolute Gasteiger partial charge is 0.374 e. The summed E-state index contributed by atoms with van der Waals surface area (Å²) in [6, 6.07) is 15.1. The average Bonchev–Trinajstić information content (AvgIpc) is 2.46. The van der Waals surface area contributed by atoms with Gasteiger partial charge in [0.1, 0.15) is 0 Å². The molecule has 0 heterocycles. The van der Waals surface area contributed by atoms with Gasteiger partial charge in [0.2, 0.25) is 0 Å². The van der Waals surface area contributed by atoms with Crippen molar-refractivity contribution in [1.82, 2.24) is 0 Å². The minimum absolute atomic E-state index is 0.139. The van der Waals surface area contributed by atoms with E-state index in [1.807, 2.05) is 12.1 Å². The number of anilines is 1. The molecule has 0 saturated carbocycles. The predicted octanol–water partition coefficient (Wildman–Crippen LogP) is 3.58. The standard InChI is InChI=1S/C16H18N2O2/c1-13-3-7-15(8-4-13)17(2)12-11-14-5-9-16(10-6-14)18(19)20/h3-10H,11-12H2,1-2H3. The van der Waals surface area contributed by atoms with Crippen molar-refractivity contribution >= 4 is 11.4 Å². The number of aryl methyl sites for hydroxylation is 1. The van der Waals surface area contributed by atoms with Crippen LogP contribution < -0.4 is 4.90 Å². The Hall–Kier alpha value is -2.36. The number of hydrogen-bond donors (Lipinski definition) is 0. The lowest BCUT2D eigenvalue weighted by atomic mass is 10.1. The smallest absolute Gasteiger partial charge is 0.269 e. The first-order chi connectivity index (χ1) is 9.56. The maximum atomic E-state index is 10.6. The highest BCUT2D eigenvalue weighted by atomic mass is 16.6. The zero-order valence-corrected chi connectivity index (χ0v) is 11.7. The lowest BCUT2D eigenvalue weighted by molar-refractivity contribution is -0.384. The number of benzene rings is 2. The van der Waals surface area contributed by atoms with Gasteiger partial charge in [-0.1, -0.05) is 29.8 Å². The number of nitrogens with zero attached hydrogens (tertiary/aromatic N) is 2. The number of hydrogen-bond acceptors (Lipinski definition) is 3. The lowest BCUT2D eigenvalue weighted by Crippen LogP contribution is -2.20. The molecular weight excluding hydrogens is 252 g/mol. The molecule has 0 unspecified atom stereocenters. The molecule has 2 aromatic rings. The Balaban J connectivity index is 1.94. The van der Waals surface area contributed by atoms with Crippen LogP contribution in [-0.4, -0.2) is 18.5 Å². The summed E-state index contributed by atoms with van der Waals surface area (Å²) >= 11 is 0. The molecule has 0 radical (unpaired) electrons. The molecule has 0 N–H and O–H groups in total. The number of likely N-dealkylation sites (N-methyl/N-ethyl adjacent to an activating group) is 1. The van der Waals surface area contributed by atoms with Gasteiger partial charge in [0, 0.05) is 31.4 Å². The Morgan fingerprint density at radius 3 is 2.20 bits per heavy atom. The van der Waals surface area contributed by atoms with Crippen LogP contribution in [0.5, 0.6) is 0 Å². The molecule has 0 bridgehead atoms. The zero-order chi connectivity index (χ0) is 14.5. The Morgan fingerprint density at radius 1 is 1.05 bits per heavy atom. The molecule has 104 valence electrons. The molecule has 0 spiro atoms. The molecule has 0 aliphatic rings. The quantitative estimate of drug-likeness (QED) is 0.616. The summed E-state index contributed by atoms with van der Waals surface area (Å²) in [7, 11) is 2.05. The minimum Gasteiger partial charge on any atom is -0.374 e. The lowest BCUT2D eigenvalue weighted by Gasteiger charge is -2.19. The molecule has 0 aliphatic heterocycles. The maximum Gasteiger partial charge on any atom is 0.269 e. The van der Waals surface area contributed by atoms with E-state index >= 15 is 0 Å². The summed E-state index contributed by atoms with van der Waals surface area (Å²) in [4.78, 5) is 12.4. The van der Waals surface area contributed by atoms with E-state index in [-0.39, 0.29) is 10.6 Å². The van der Waals surface area contributed by atoms with E-state index in [2.05, 4.69) is 43.1 Å². The second kappa shape index (κ2) is 6.19. The summed E-state index contributed by atoms with van der Waals surface area (Å²) < 4.78 is 0. The Bertz CT molecular complexity index is 576. The summed E-state index contributed by atoms with van der Waals surface area (Å²) in [6.45, 7) is 2.95. The summed E-state index contributed by atoms with van der Waals surface area (Å²) in [6.07, 6.45) is 0.863. The van der Waals surface area contributed by atoms with Gasteiger partial charge in [0.15, 0.2) is 0 Å². The van der Waals surface area contributed by atoms with Crippen molar-refractivity contribution in [3.8, 4) is 0 Å². The van der Waals surface area contributed by atoms with E-state index in [0.29, 0.717) is 0 Å². The molecule has 0 aliphatic carbocycles. The highest BCUT2D eigenvalue weighted by molar-refractivity contribution is 5.46. The predicted molar refractivity (Wildman–Crippen MR) is 81.2 cm³/mol. The minimum atomic E-state index is -0.373. The highest BCUT2D eigenvalue weighted by Crippen LogP contribution is 2.15. The first-order valence-corrected chi connectivity index (χ1v) is 6.57. The number of nitro benzene ring substituents is 1. The van der Waals surface area contributed by atoms with Gasteiger partial charge in [-0.15, -0.1) is 0 Å². The molecule has 0 fully saturated rings. The van der Waals surface area contributed by atoms with Crippen molar-refractivity contribution in [2.75, 3.05) is 18.5 Å². The van der Waals surface area contributed by atoms with Crippen LogP contribution in [0.4, 0.5) is 11.4 Å². The van der Waals surface area contributed by atoms with Crippen LogP contribution >= 0.6 is 0 Å². The summed E-state index contributed by atoms with van der Waals surface area (Å²) in [5.41, 5.74) is 3.67. The van der Waals surface area contributed by atoms with Crippen molar-refractivity contribution in [1.29, 1.82) is 0 Å². The van der Waals surface area contributed by atoms with Crippen LogP contribution in [0.1, 0.15) is 11.1 Å². The summed E-state index contributed by atoms with van der Waals surface area (Å²) in [5, 5.41) is 10.6. The second-order valence-electron chi connectivity index (χ2n) is 4.93. The monoisotopic (exact) mass is 270 g/mol. The average molecular weight is 270 g/mol. The normalized spacial score (nSPS) is 10.3. The van der Waals surface area contributed by atoms with E-state index in [1.165, 1.54) is 11.3 Å². The fourth-order valence-electron chi connectivity index (χ4n) is 2.01. The van der Waals surface area contributed by atoms with Gasteiger partial charge >= 0.3 is 0 Å². The number of nitro groups is 1. The molecule has 20 heavy (non-hydrogen) atoms. The van der Waals surface area contributed by atoms with Gasteiger partial charge in [-0.3, -0.25) is 10.1 Å². The second-order valence-corrected chi connectivity index (χ2v) is 4.93. The Labute approximate surface area is 118 Å². The third kappa shape index (κ3) is 3.57. The molecule has 0 saturated heterocycles. The first kappa shape index (κ1) is 14.1. The van der Waals surface area contributed by atoms with Crippen LogP contribution in [0, 0.1) is 17.0 Å². The van der Waals surface area contributed by atoms with Crippen LogP contribution in [0.2, 0.25) is 0 Å². The molecule has 2 rings (SSSR count). The fraction of sp³-hybridized carbons (Fsp3) is 0.250. The maximum absolute atomic E-state index is 10.6. The summed E-state index contributed by atoms with van der Waals surface area (Å²) in [5.74, 6) is 0. The molecule has 0 atom stereocenters. The van der Waals surface area contributed by atoms with Crippen molar-refractivity contribution < 1.29 is 4.92 Å². The Kier molecular flexibility index (Phi) is 4.35. The van der Waals surface area contributed by atoms with Crippen molar-refractivity contribution in [2.24, 2.45) is 0 Å². The molecule has 4 heteroatoms. The van der Waals surface area contributed by atoms with E-state index < -0.39 is 0 Å². The van der Waals surface area contributed by atoms with E-state index in [1.54, 1.807) is 12.1 Å². The molecule has 2 aromatic carbocycles. The van der Waals surface area contributed by atoms with Gasteiger partial charge in [-0.2, -0.15) is 0 Å². The van der Waals surface area contributed by atoms with Crippen molar-refractivity contribution in [2.45, 2.75) is 13.3 Å². The molecule has 0 amide bonds. The van der Waals surface area contributed by atoms with E-state index in [9.17, 15) is 10.1 Å². The van der Waals surface area contributed by atoms with E-state index in [0.717, 1.165) is 18.5 Å². The van der Waals surface area contributed by atoms with Crippen LogP contribution in [0.25, 0.3) is 0 Å². The molecule has 4 nitrogen and oxygen atoms in total. The SMILES string of the molecule is Cc1ccc(N(C)CCc2ccc([N+](=O)[O-])cc2)cc1. The van der Waals surface area contributed by atoms with Crippen molar-refractivity contribution in [3.05, 3.63) is 69.8 Å². The number of rotatable bonds is 5. The van der Waals surface area contributed by atoms with Crippen LogP contribution in [0.3, 0.4) is 0 Å². The van der Waals surface area contributed by atoms with Gasteiger partial charge in [-0.25, -0.2) is 0 Å². The van der Waals surface area contributed by atoms with Crippen molar-refractivity contribution in [3.63, 3.8) is 0 Å². The topological polar surface area (TPSA) is 46.4 Å². The molecular formula is C16H18N2O2. The first-order valence-electron chi connectivity index (χ1n) is 6.57. The van der Waals surface area contributed by atoms with Crippen LogP contribution in [-0.2, 0) is 6.42 Å². The highest BCUT2D eigenvalue weighted by Gasteiger charge is 2.05. The van der Waals surface area contributed by atoms with Gasteiger partial charge in [0.25, 0.3) is 5.69 Å². The van der Waals surface area contributed by atoms with Crippen LogP contribution in [0.15, 0.2) is 48.5 Å². The van der Waals surface area contributed by atoms with Gasteiger partial charge < -0.3 is 4.90 Å². The van der Waals surface area contributed by atoms with E-state index in [4.69, 9.17) is 0 Å². The third-order valence-corrected chi connectivity index (χ3v) is 3.36.